The maximum atomic E-state index is 13.7. The number of rotatable bonds is 3. The fourth-order valence-electron chi connectivity index (χ4n) is 1.86. The lowest BCUT2D eigenvalue weighted by atomic mass is 10.0. The number of hydrogen-bond acceptors (Lipinski definition) is 1. The Bertz CT molecular complexity index is 601. The lowest BCUT2D eigenvalue weighted by Crippen LogP contribution is -1.96. The van der Waals surface area contributed by atoms with Crippen LogP contribution in [0.5, 0.6) is 5.75 Å². The normalized spacial score (nSPS) is 12.3. The van der Waals surface area contributed by atoms with Gasteiger partial charge < -0.3 is 4.74 Å². The average Bonchev–Trinajstić information content (AvgIpc) is 2.41. The van der Waals surface area contributed by atoms with Crippen molar-refractivity contribution < 1.29 is 9.13 Å². The molecule has 0 N–H and O–H groups in total. The minimum atomic E-state index is -0.366. The van der Waals surface area contributed by atoms with Crippen LogP contribution in [0.2, 0.25) is 5.02 Å². The van der Waals surface area contributed by atoms with Crippen LogP contribution in [0.3, 0.4) is 0 Å². The molecule has 0 saturated carbocycles. The van der Waals surface area contributed by atoms with Crippen molar-refractivity contribution in [2.45, 2.75) is 11.8 Å². The quantitative estimate of drug-likeness (QED) is 0.689. The third-order valence-electron chi connectivity index (χ3n) is 2.94. The van der Waals surface area contributed by atoms with E-state index in [1.165, 1.54) is 13.2 Å². The number of aryl methyl sites for hydroxylation is 1. The monoisotopic (exact) mass is 342 g/mol. The number of hydrogen-bond donors (Lipinski definition) is 0. The van der Waals surface area contributed by atoms with Crippen LogP contribution in [-0.4, -0.2) is 7.11 Å². The largest absolute Gasteiger partial charge is 0.494 e. The van der Waals surface area contributed by atoms with Gasteiger partial charge in [0, 0.05) is 5.02 Å². The Morgan fingerprint density at radius 1 is 1.16 bits per heavy atom. The van der Waals surface area contributed by atoms with E-state index in [9.17, 15) is 4.39 Å². The van der Waals surface area contributed by atoms with Crippen LogP contribution in [0, 0.1) is 12.7 Å². The first-order valence-corrected chi connectivity index (χ1v) is 7.06. The number of benzene rings is 2. The van der Waals surface area contributed by atoms with Crippen LogP contribution in [0.15, 0.2) is 36.4 Å². The average molecular weight is 344 g/mol. The van der Waals surface area contributed by atoms with Crippen LogP contribution >= 0.6 is 27.5 Å². The van der Waals surface area contributed by atoms with E-state index in [-0.39, 0.29) is 16.4 Å². The molecule has 100 valence electrons. The molecule has 0 aliphatic carbocycles. The highest BCUT2D eigenvalue weighted by atomic mass is 79.9. The first kappa shape index (κ1) is 14.4. The molecule has 2 aromatic carbocycles. The molecule has 19 heavy (non-hydrogen) atoms. The van der Waals surface area contributed by atoms with Gasteiger partial charge in [-0.3, -0.25) is 0 Å². The summed E-state index contributed by atoms with van der Waals surface area (Å²) in [7, 11) is 1.45. The Morgan fingerprint density at radius 2 is 1.79 bits per heavy atom. The highest BCUT2D eigenvalue weighted by Crippen LogP contribution is 2.34. The summed E-state index contributed by atoms with van der Waals surface area (Å²) >= 11 is 9.59. The molecule has 0 radical (unpaired) electrons. The molecule has 0 fully saturated rings. The minimum absolute atomic E-state index is 0.0797. The Hall–Kier alpha value is -1.06. The zero-order valence-corrected chi connectivity index (χ0v) is 12.9. The Kier molecular flexibility index (Phi) is 4.48. The summed E-state index contributed by atoms with van der Waals surface area (Å²) in [5, 5.41) is 0.726. The van der Waals surface area contributed by atoms with Crippen LogP contribution in [-0.2, 0) is 0 Å². The second kappa shape index (κ2) is 5.93. The van der Waals surface area contributed by atoms with Gasteiger partial charge in [-0.25, -0.2) is 4.39 Å². The topological polar surface area (TPSA) is 9.23 Å². The van der Waals surface area contributed by atoms with E-state index < -0.39 is 0 Å². The molecule has 0 spiro atoms. The molecule has 0 aliphatic heterocycles. The van der Waals surface area contributed by atoms with Crippen molar-refractivity contribution >= 4 is 27.5 Å². The molecular formula is C15H13BrClFO. The third kappa shape index (κ3) is 3.10. The van der Waals surface area contributed by atoms with Crippen LogP contribution in [0.25, 0.3) is 0 Å². The van der Waals surface area contributed by atoms with Crippen molar-refractivity contribution in [1.82, 2.24) is 0 Å². The van der Waals surface area contributed by atoms with E-state index in [0.717, 1.165) is 21.7 Å². The molecule has 4 heteroatoms. The fraction of sp³-hybridized carbons (Fsp3) is 0.200. The molecule has 2 aromatic rings. The van der Waals surface area contributed by atoms with Gasteiger partial charge in [-0.2, -0.15) is 0 Å². The zero-order chi connectivity index (χ0) is 14.0. The molecule has 0 aromatic heterocycles. The maximum absolute atomic E-state index is 13.7. The van der Waals surface area contributed by atoms with Gasteiger partial charge in [0.2, 0.25) is 0 Å². The molecule has 1 unspecified atom stereocenters. The minimum Gasteiger partial charge on any atom is -0.494 e. The van der Waals surface area contributed by atoms with Gasteiger partial charge in [-0.15, -0.1) is 0 Å². The predicted octanol–water partition coefficient (Wildman–Crippen LogP) is 5.28. The van der Waals surface area contributed by atoms with Gasteiger partial charge in [-0.1, -0.05) is 45.7 Å². The van der Waals surface area contributed by atoms with Crippen molar-refractivity contribution in [2.24, 2.45) is 0 Å². The Labute approximate surface area is 125 Å². The second-order valence-corrected chi connectivity index (χ2v) is 5.59. The Balaban J connectivity index is 2.35. The summed E-state index contributed by atoms with van der Waals surface area (Å²) in [5.74, 6) is -0.120. The molecule has 0 heterocycles. The first-order chi connectivity index (χ1) is 9.02. The number of halogens is 3. The van der Waals surface area contributed by atoms with E-state index in [1.807, 2.05) is 31.2 Å². The fourth-order valence-corrected chi connectivity index (χ4v) is 2.55. The van der Waals surface area contributed by atoms with Crippen LogP contribution < -0.4 is 4.74 Å². The van der Waals surface area contributed by atoms with Crippen molar-refractivity contribution in [2.75, 3.05) is 7.11 Å². The highest BCUT2D eigenvalue weighted by molar-refractivity contribution is 9.09. The lowest BCUT2D eigenvalue weighted by molar-refractivity contribution is 0.386. The second-order valence-electron chi connectivity index (χ2n) is 4.27. The van der Waals surface area contributed by atoms with Gasteiger partial charge in [-0.05, 0) is 41.8 Å². The molecule has 2 rings (SSSR count). The van der Waals surface area contributed by atoms with Gasteiger partial charge in [0.1, 0.15) is 0 Å². The van der Waals surface area contributed by atoms with Crippen LogP contribution in [0.1, 0.15) is 21.5 Å². The van der Waals surface area contributed by atoms with Crippen molar-refractivity contribution in [3.05, 3.63) is 63.9 Å². The van der Waals surface area contributed by atoms with E-state index in [4.69, 9.17) is 16.3 Å². The highest BCUT2D eigenvalue weighted by Gasteiger charge is 2.13. The molecule has 1 nitrogen and oxygen atoms in total. The molecule has 0 saturated heterocycles. The number of methoxy groups -OCH3 is 1. The summed E-state index contributed by atoms with van der Waals surface area (Å²) in [4.78, 5) is -0.0797. The molecule has 1 atom stereocenters. The summed E-state index contributed by atoms with van der Waals surface area (Å²) in [6, 6.07) is 10.7. The van der Waals surface area contributed by atoms with Crippen LogP contribution in [0.4, 0.5) is 4.39 Å². The molecular weight excluding hydrogens is 331 g/mol. The van der Waals surface area contributed by atoms with Gasteiger partial charge in [0.05, 0.1) is 11.9 Å². The summed E-state index contributed by atoms with van der Waals surface area (Å²) in [5.41, 5.74) is 2.86. The van der Waals surface area contributed by atoms with Crippen molar-refractivity contribution in [1.29, 1.82) is 0 Å². The van der Waals surface area contributed by atoms with Gasteiger partial charge >= 0.3 is 0 Å². The lowest BCUT2D eigenvalue weighted by Gasteiger charge is -2.13. The summed E-state index contributed by atoms with van der Waals surface area (Å²) < 4.78 is 18.6. The van der Waals surface area contributed by atoms with Gasteiger partial charge in [0.25, 0.3) is 0 Å². The van der Waals surface area contributed by atoms with Gasteiger partial charge in [0.15, 0.2) is 11.6 Å². The van der Waals surface area contributed by atoms with E-state index in [0.29, 0.717) is 0 Å². The SMILES string of the molecule is COc1ccc(C(Br)c2ccc(Cl)c(C)c2)cc1F. The summed E-state index contributed by atoms with van der Waals surface area (Å²) in [6.45, 7) is 1.94. The maximum Gasteiger partial charge on any atom is 0.165 e. The smallest absolute Gasteiger partial charge is 0.165 e. The molecule has 0 amide bonds. The first-order valence-electron chi connectivity index (χ1n) is 5.76. The van der Waals surface area contributed by atoms with Crippen molar-refractivity contribution in [3.8, 4) is 5.75 Å². The molecule has 0 bridgehead atoms. The molecule has 0 aliphatic rings. The van der Waals surface area contributed by atoms with E-state index >= 15 is 0 Å². The number of alkyl halides is 1. The Morgan fingerprint density at radius 3 is 2.37 bits per heavy atom. The standard InChI is InChI=1S/C15H13BrClFO/c1-9-7-10(3-5-12(9)17)15(16)11-4-6-14(19-2)13(18)8-11/h3-8,15H,1-2H3. The van der Waals surface area contributed by atoms with Crippen molar-refractivity contribution in [3.63, 3.8) is 0 Å². The summed E-state index contributed by atoms with van der Waals surface area (Å²) in [6.07, 6.45) is 0. The number of ether oxygens (including phenoxy) is 1. The third-order valence-corrected chi connectivity index (χ3v) is 4.42. The van der Waals surface area contributed by atoms with E-state index in [1.54, 1.807) is 6.07 Å². The van der Waals surface area contributed by atoms with E-state index in [2.05, 4.69) is 15.9 Å². The predicted molar refractivity (Wildman–Crippen MR) is 79.9 cm³/mol. The zero-order valence-electron chi connectivity index (χ0n) is 10.6.